The number of nitrogens with one attached hydrogen (secondary N) is 1. The van der Waals surface area contributed by atoms with Gasteiger partial charge in [0.25, 0.3) is 0 Å². The summed E-state index contributed by atoms with van der Waals surface area (Å²) in [5.41, 5.74) is 6.51. The Hall–Kier alpha value is -3.15. The number of fused-ring (bicyclic) bond motifs is 2. The van der Waals surface area contributed by atoms with Crippen molar-refractivity contribution in [3.05, 3.63) is 88.2 Å². The number of alkyl halides is 1. The monoisotopic (exact) mass is 752 g/mol. The molecular formula is C40H55ClN3O5SSi+. The van der Waals surface area contributed by atoms with Gasteiger partial charge < -0.3 is 24.8 Å². The number of carboxylic acids is 1. The lowest BCUT2D eigenvalue weighted by Crippen LogP contribution is -2.52. The lowest BCUT2D eigenvalue weighted by atomic mass is 9.87. The Morgan fingerprint density at radius 2 is 1.69 bits per heavy atom. The molecule has 0 fully saturated rings. The second-order valence-corrected chi connectivity index (χ2v) is 19.4. The number of carbonyl (C=O) groups is 2. The van der Waals surface area contributed by atoms with Gasteiger partial charge in [0, 0.05) is 51.0 Å². The molecule has 8 nitrogen and oxygen atoms in total. The molecule has 1 aliphatic carbocycles. The van der Waals surface area contributed by atoms with Gasteiger partial charge in [0.15, 0.2) is 5.71 Å². The molecule has 2 N–H and O–H groups in total. The van der Waals surface area contributed by atoms with E-state index in [1.165, 1.54) is 10.4 Å². The van der Waals surface area contributed by atoms with Crippen molar-refractivity contribution in [2.24, 2.45) is 0 Å². The van der Waals surface area contributed by atoms with Gasteiger partial charge in [-0.25, -0.2) is 9.37 Å². The standard InChI is InChI=1S/C40H54ClN3O5SSi/c1-43(2)30-15-17-34-36(27-30)51(5,26-12-25-50-29-38(45)42-20-22-49-24-23-48-21-11-7-6-10-19-41)37-28-31(44(3)4)16-18-35(37)39(34)32-13-8-9-14-33(32)40(46)47/h8-9,13-18,27-28H,6-7,10-12,19-26,29H2,1-5H3,(H-,42,45,46,47)/p+1. The molecule has 0 saturated carbocycles. The second kappa shape index (κ2) is 20.2. The van der Waals surface area contributed by atoms with Crippen LogP contribution in [0.1, 0.15) is 53.6 Å². The highest BCUT2D eigenvalue weighted by molar-refractivity contribution is 7.99. The largest absolute Gasteiger partial charge is 0.478 e. The lowest BCUT2D eigenvalue weighted by molar-refractivity contribution is -0.462. The number of thioether (sulfide) groups is 1. The molecule has 0 radical (unpaired) electrons. The Balaban J connectivity index is 1.41. The fourth-order valence-corrected chi connectivity index (χ4v) is 12.2. The first-order valence-corrected chi connectivity index (χ1v) is 22.4. The number of hydrogen-bond donors (Lipinski definition) is 2. The fourth-order valence-electron chi connectivity index (χ4n) is 6.69. The molecular weight excluding hydrogens is 698 g/mol. The number of hydrogen-bond acceptors (Lipinski definition) is 6. The number of nitrogens with zero attached hydrogens (tertiary/aromatic N) is 2. The zero-order valence-corrected chi connectivity index (χ0v) is 33.5. The number of rotatable bonds is 21. The van der Waals surface area contributed by atoms with E-state index < -0.39 is 14.0 Å². The van der Waals surface area contributed by atoms with E-state index in [4.69, 9.17) is 21.1 Å². The minimum Gasteiger partial charge on any atom is -0.478 e. The zero-order valence-electron chi connectivity index (χ0n) is 30.9. The summed E-state index contributed by atoms with van der Waals surface area (Å²) in [6.07, 6.45) is 12.0. The summed E-state index contributed by atoms with van der Waals surface area (Å²) in [5, 5.41) is 15.8. The number of benzene rings is 2. The average Bonchev–Trinajstić information content (AvgIpc) is 3.12. The molecule has 0 spiro atoms. The maximum Gasteiger partial charge on any atom is 0.336 e. The highest BCUT2D eigenvalue weighted by atomic mass is 35.5. The van der Waals surface area contributed by atoms with Crippen LogP contribution in [-0.4, -0.2) is 114 Å². The summed E-state index contributed by atoms with van der Waals surface area (Å²) in [7, 11) is 5.88. The van der Waals surface area contributed by atoms with Crippen LogP contribution in [0.4, 0.5) is 5.69 Å². The van der Waals surface area contributed by atoms with Crippen molar-refractivity contribution in [1.82, 2.24) is 5.32 Å². The fraction of sp³-hybridized carbons (Fsp3) is 0.475. The first-order chi connectivity index (χ1) is 24.6. The first kappa shape index (κ1) is 40.6. The number of amides is 1. The van der Waals surface area contributed by atoms with Crippen LogP contribution in [0.3, 0.4) is 0 Å². The molecule has 0 saturated heterocycles. The van der Waals surface area contributed by atoms with Crippen molar-refractivity contribution in [1.29, 1.82) is 0 Å². The van der Waals surface area contributed by atoms with Crippen molar-refractivity contribution < 1.29 is 28.7 Å². The number of carbonyl (C=O) groups excluding carboxylic acids is 1. The molecule has 1 heterocycles. The molecule has 2 aromatic carbocycles. The molecule has 1 atom stereocenters. The maximum absolute atomic E-state index is 12.6. The van der Waals surface area contributed by atoms with E-state index in [0.29, 0.717) is 37.7 Å². The quantitative estimate of drug-likeness (QED) is 0.0663. The van der Waals surface area contributed by atoms with Crippen LogP contribution in [-0.2, 0) is 14.3 Å². The SMILES string of the molecule is CN(C)c1ccc2c(c1)[Si@@](C)(CCCSCC(=O)NCCOCCOCCCCCCCl)C1=CC(=[N+](C)C)C=CC1=C2c1ccccc1C(=O)O. The number of halogens is 1. The highest BCUT2D eigenvalue weighted by Crippen LogP contribution is 2.44. The van der Waals surface area contributed by atoms with Gasteiger partial charge >= 0.3 is 5.97 Å². The second-order valence-electron chi connectivity index (χ2n) is 13.6. The van der Waals surface area contributed by atoms with Gasteiger partial charge in [-0.2, -0.15) is 11.8 Å². The molecule has 1 aliphatic heterocycles. The van der Waals surface area contributed by atoms with Crippen LogP contribution < -0.4 is 15.4 Å². The third-order valence-electron chi connectivity index (χ3n) is 9.50. The van der Waals surface area contributed by atoms with Crippen molar-refractivity contribution in [2.75, 3.05) is 83.4 Å². The van der Waals surface area contributed by atoms with Gasteiger partial charge in [-0.05, 0) is 88.0 Å². The smallest absolute Gasteiger partial charge is 0.336 e. The predicted molar refractivity (Wildman–Crippen MR) is 216 cm³/mol. The number of allylic oxidation sites excluding steroid dienone is 5. The van der Waals surface area contributed by atoms with Crippen molar-refractivity contribution in [3.63, 3.8) is 0 Å². The molecule has 0 unspecified atom stereocenters. The Morgan fingerprint density at radius 1 is 0.941 bits per heavy atom. The third kappa shape index (κ3) is 10.9. The minimum absolute atomic E-state index is 0.0243. The predicted octanol–water partition coefficient (Wildman–Crippen LogP) is 6.37. The Kier molecular flexibility index (Phi) is 16.1. The van der Waals surface area contributed by atoms with E-state index in [9.17, 15) is 14.7 Å². The van der Waals surface area contributed by atoms with Crippen LogP contribution in [0.2, 0.25) is 12.6 Å². The van der Waals surface area contributed by atoms with Crippen LogP contribution in [0.25, 0.3) is 5.57 Å². The molecule has 2 aliphatic rings. The number of anilines is 1. The first-order valence-electron chi connectivity index (χ1n) is 18.0. The van der Waals surface area contributed by atoms with Crippen LogP contribution in [0.15, 0.2) is 71.5 Å². The van der Waals surface area contributed by atoms with E-state index >= 15 is 0 Å². The van der Waals surface area contributed by atoms with Gasteiger partial charge in [-0.15, -0.1) is 11.6 Å². The molecule has 2 aromatic rings. The van der Waals surface area contributed by atoms with Crippen molar-refractivity contribution in [3.8, 4) is 0 Å². The van der Waals surface area contributed by atoms with Crippen LogP contribution in [0, 0.1) is 0 Å². The van der Waals surface area contributed by atoms with Gasteiger partial charge in [0.05, 0.1) is 31.1 Å². The van der Waals surface area contributed by atoms with Crippen molar-refractivity contribution >= 4 is 65.5 Å². The average molecular weight is 754 g/mol. The summed E-state index contributed by atoms with van der Waals surface area (Å²) in [5.74, 6) is 1.11. The molecule has 0 bridgehead atoms. The molecule has 4 rings (SSSR count). The van der Waals surface area contributed by atoms with Gasteiger partial charge in [-0.3, -0.25) is 4.79 Å². The summed E-state index contributed by atoms with van der Waals surface area (Å²) >= 11 is 7.37. The lowest BCUT2D eigenvalue weighted by Gasteiger charge is -2.40. The van der Waals surface area contributed by atoms with E-state index in [-0.39, 0.29) is 5.91 Å². The minimum atomic E-state index is -2.35. The van der Waals surface area contributed by atoms with Gasteiger partial charge in [-0.1, -0.05) is 43.7 Å². The van der Waals surface area contributed by atoms with Gasteiger partial charge in [0.2, 0.25) is 5.91 Å². The normalized spacial score (nSPS) is 16.4. The molecule has 1 amide bonds. The number of unbranched alkanes of at least 4 members (excludes halogenated alkanes) is 3. The molecule has 51 heavy (non-hydrogen) atoms. The third-order valence-corrected chi connectivity index (χ3v) is 15.4. The Labute approximate surface area is 314 Å². The van der Waals surface area contributed by atoms with E-state index in [1.807, 2.05) is 12.1 Å². The van der Waals surface area contributed by atoms with Crippen LogP contribution in [0.5, 0.6) is 0 Å². The van der Waals surface area contributed by atoms with E-state index in [2.05, 4.69) is 86.0 Å². The van der Waals surface area contributed by atoms with E-state index in [1.54, 1.807) is 23.9 Å². The summed E-state index contributed by atoms with van der Waals surface area (Å²) in [6, 6.07) is 15.0. The number of carboxylic acid groups (broad SMARTS) is 1. The maximum atomic E-state index is 12.6. The van der Waals surface area contributed by atoms with E-state index in [0.717, 1.165) is 90.1 Å². The molecule has 0 aromatic heterocycles. The zero-order chi connectivity index (χ0) is 36.8. The van der Waals surface area contributed by atoms with Gasteiger partial charge in [0.1, 0.15) is 22.2 Å². The number of aromatic carboxylic acids is 1. The summed E-state index contributed by atoms with van der Waals surface area (Å²) < 4.78 is 13.3. The molecule has 11 heteroatoms. The topological polar surface area (TPSA) is 91.1 Å². The number of ether oxygens (including phenoxy) is 2. The summed E-state index contributed by atoms with van der Waals surface area (Å²) in [4.78, 5) is 27.1. The van der Waals surface area contributed by atoms with Crippen LogP contribution >= 0.6 is 23.4 Å². The molecule has 276 valence electrons. The van der Waals surface area contributed by atoms with Crippen molar-refractivity contribution in [2.45, 2.75) is 44.7 Å². The Bertz CT molecular complexity index is 1650. The Morgan fingerprint density at radius 3 is 2.41 bits per heavy atom. The highest BCUT2D eigenvalue weighted by Gasteiger charge is 2.43. The summed E-state index contributed by atoms with van der Waals surface area (Å²) in [6.45, 7) is 5.25.